The molecule has 2 nitrogen and oxygen atoms in total. The summed E-state index contributed by atoms with van der Waals surface area (Å²) in [5, 5.41) is 9.04. The minimum Gasteiger partial charge on any atom is -0.391 e. The lowest BCUT2D eigenvalue weighted by molar-refractivity contribution is 0.159. The SMILES string of the molecule is O[C@@H]1CCC[C@H]1NCl. The van der Waals surface area contributed by atoms with E-state index >= 15 is 0 Å². The molecule has 0 saturated heterocycles. The molecule has 1 saturated carbocycles. The van der Waals surface area contributed by atoms with Crippen LogP contribution < -0.4 is 4.84 Å². The molecule has 0 aromatic rings. The first-order valence-electron chi connectivity index (χ1n) is 2.89. The highest BCUT2D eigenvalue weighted by Gasteiger charge is 2.23. The average Bonchev–Trinajstić information content (AvgIpc) is 2.14. The third-order valence-corrected chi connectivity index (χ3v) is 1.90. The van der Waals surface area contributed by atoms with Gasteiger partial charge in [0.1, 0.15) is 0 Å². The molecule has 0 unspecified atom stereocenters. The summed E-state index contributed by atoms with van der Waals surface area (Å²) in [6.07, 6.45) is 2.77. The summed E-state index contributed by atoms with van der Waals surface area (Å²) in [6, 6.07) is 0.136. The molecular formula is C5H10ClNO. The molecule has 0 heterocycles. The van der Waals surface area contributed by atoms with E-state index in [2.05, 4.69) is 4.84 Å². The molecule has 0 spiro atoms. The van der Waals surface area contributed by atoms with Crippen LogP contribution >= 0.6 is 11.8 Å². The van der Waals surface area contributed by atoms with Gasteiger partial charge in [0, 0.05) is 6.04 Å². The monoisotopic (exact) mass is 135 g/mol. The summed E-state index contributed by atoms with van der Waals surface area (Å²) in [5.74, 6) is 0. The van der Waals surface area contributed by atoms with E-state index in [9.17, 15) is 0 Å². The Hall–Kier alpha value is 0.210. The van der Waals surface area contributed by atoms with Gasteiger partial charge in [-0.25, -0.2) is 4.84 Å². The molecule has 1 fully saturated rings. The van der Waals surface area contributed by atoms with Gasteiger partial charge in [0.05, 0.1) is 6.10 Å². The fourth-order valence-corrected chi connectivity index (χ4v) is 1.32. The van der Waals surface area contributed by atoms with Crippen LogP contribution in [0.4, 0.5) is 0 Å². The Balaban J connectivity index is 2.30. The first-order chi connectivity index (χ1) is 3.84. The van der Waals surface area contributed by atoms with Gasteiger partial charge in [-0.1, -0.05) is 0 Å². The Kier molecular flexibility index (Phi) is 2.11. The first-order valence-corrected chi connectivity index (χ1v) is 3.26. The smallest absolute Gasteiger partial charge is 0.0705 e. The largest absolute Gasteiger partial charge is 0.391 e. The fraction of sp³-hybridized carbons (Fsp3) is 1.00. The minimum atomic E-state index is -0.215. The van der Waals surface area contributed by atoms with Gasteiger partial charge in [0.15, 0.2) is 0 Å². The second kappa shape index (κ2) is 2.67. The summed E-state index contributed by atoms with van der Waals surface area (Å²) >= 11 is 5.29. The second-order valence-electron chi connectivity index (χ2n) is 2.21. The maximum absolute atomic E-state index is 9.04. The molecule has 48 valence electrons. The van der Waals surface area contributed by atoms with Crippen molar-refractivity contribution in [3.05, 3.63) is 0 Å². The first kappa shape index (κ1) is 6.33. The Morgan fingerprint density at radius 3 is 2.50 bits per heavy atom. The summed E-state index contributed by atoms with van der Waals surface area (Å²) in [6.45, 7) is 0. The zero-order valence-electron chi connectivity index (χ0n) is 4.60. The Morgan fingerprint density at radius 1 is 1.50 bits per heavy atom. The van der Waals surface area contributed by atoms with Gasteiger partial charge in [0.2, 0.25) is 0 Å². The normalized spacial score (nSPS) is 38.2. The molecule has 2 N–H and O–H groups in total. The van der Waals surface area contributed by atoms with E-state index in [-0.39, 0.29) is 12.1 Å². The van der Waals surface area contributed by atoms with Crippen LogP contribution in [0, 0.1) is 0 Å². The number of hydrogen-bond donors (Lipinski definition) is 2. The van der Waals surface area contributed by atoms with Gasteiger partial charge < -0.3 is 5.11 Å². The van der Waals surface area contributed by atoms with Crippen molar-refractivity contribution in [3.8, 4) is 0 Å². The highest BCUT2D eigenvalue weighted by atomic mass is 35.5. The lowest BCUT2D eigenvalue weighted by Gasteiger charge is -2.09. The second-order valence-corrected chi connectivity index (χ2v) is 2.43. The van der Waals surface area contributed by atoms with Gasteiger partial charge in [0.25, 0.3) is 0 Å². The van der Waals surface area contributed by atoms with Crippen LogP contribution in [-0.4, -0.2) is 17.3 Å². The van der Waals surface area contributed by atoms with Crippen LogP contribution in [0.25, 0.3) is 0 Å². The van der Waals surface area contributed by atoms with Crippen LogP contribution in [0.2, 0.25) is 0 Å². The molecule has 0 aliphatic heterocycles. The molecule has 1 aliphatic carbocycles. The Morgan fingerprint density at radius 2 is 2.25 bits per heavy atom. The standard InChI is InChI=1S/C5H10ClNO/c6-7-4-2-1-3-5(4)8/h4-5,7-8H,1-3H2/t4-,5-/m1/s1. The average molecular weight is 136 g/mol. The van der Waals surface area contributed by atoms with Crippen molar-refractivity contribution in [2.45, 2.75) is 31.4 Å². The number of aliphatic hydroxyl groups is 1. The van der Waals surface area contributed by atoms with Crippen molar-refractivity contribution < 1.29 is 5.11 Å². The highest BCUT2D eigenvalue weighted by molar-refractivity contribution is 6.13. The molecule has 3 heteroatoms. The number of hydrogen-bond acceptors (Lipinski definition) is 2. The third-order valence-electron chi connectivity index (χ3n) is 1.62. The summed E-state index contributed by atoms with van der Waals surface area (Å²) in [5.41, 5.74) is 0. The van der Waals surface area contributed by atoms with Crippen molar-refractivity contribution >= 4 is 11.8 Å². The highest BCUT2D eigenvalue weighted by Crippen LogP contribution is 2.18. The molecular weight excluding hydrogens is 126 g/mol. The number of rotatable bonds is 1. The van der Waals surface area contributed by atoms with Crippen molar-refractivity contribution in [2.24, 2.45) is 0 Å². The van der Waals surface area contributed by atoms with Crippen LogP contribution in [0.15, 0.2) is 0 Å². The fourth-order valence-electron chi connectivity index (χ4n) is 1.07. The van der Waals surface area contributed by atoms with E-state index < -0.39 is 0 Å². The van der Waals surface area contributed by atoms with Gasteiger partial charge in [-0.05, 0) is 31.0 Å². The molecule has 0 bridgehead atoms. The molecule has 1 aliphatic rings. The number of nitrogens with one attached hydrogen (secondary N) is 1. The topological polar surface area (TPSA) is 32.3 Å². The molecule has 0 amide bonds. The molecule has 2 atom stereocenters. The van der Waals surface area contributed by atoms with Gasteiger partial charge in [-0.3, -0.25) is 0 Å². The quantitative estimate of drug-likeness (QED) is 0.518. The van der Waals surface area contributed by atoms with Gasteiger partial charge >= 0.3 is 0 Å². The van der Waals surface area contributed by atoms with Crippen LogP contribution in [0.5, 0.6) is 0 Å². The van der Waals surface area contributed by atoms with Crippen molar-refractivity contribution in [1.29, 1.82) is 0 Å². The van der Waals surface area contributed by atoms with Crippen LogP contribution in [0.1, 0.15) is 19.3 Å². The Bertz CT molecular complexity index is 78.8. The van der Waals surface area contributed by atoms with Crippen LogP contribution in [-0.2, 0) is 0 Å². The van der Waals surface area contributed by atoms with Gasteiger partial charge in [-0.15, -0.1) is 0 Å². The predicted molar refractivity (Wildman–Crippen MR) is 32.6 cm³/mol. The summed E-state index contributed by atoms with van der Waals surface area (Å²) < 4.78 is 0. The molecule has 0 radical (unpaired) electrons. The summed E-state index contributed by atoms with van der Waals surface area (Å²) in [7, 11) is 0. The van der Waals surface area contributed by atoms with Crippen molar-refractivity contribution in [2.75, 3.05) is 0 Å². The van der Waals surface area contributed by atoms with E-state index in [1.54, 1.807) is 0 Å². The minimum absolute atomic E-state index is 0.136. The van der Waals surface area contributed by atoms with E-state index in [1.165, 1.54) is 0 Å². The Labute approximate surface area is 54.0 Å². The third kappa shape index (κ3) is 1.13. The van der Waals surface area contributed by atoms with Crippen molar-refractivity contribution in [3.63, 3.8) is 0 Å². The van der Waals surface area contributed by atoms with Crippen LogP contribution in [0.3, 0.4) is 0 Å². The van der Waals surface area contributed by atoms with E-state index in [4.69, 9.17) is 16.9 Å². The molecule has 1 rings (SSSR count). The molecule has 8 heavy (non-hydrogen) atoms. The zero-order valence-corrected chi connectivity index (χ0v) is 5.36. The van der Waals surface area contributed by atoms with E-state index in [1.807, 2.05) is 0 Å². The molecule has 0 aromatic heterocycles. The lowest BCUT2D eigenvalue weighted by Crippen LogP contribution is -2.28. The van der Waals surface area contributed by atoms with E-state index in [0.29, 0.717) is 0 Å². The zero-order chi connectivity index (χ0) is 5.98. The lowest BCUT2D eigenvalue weighted by atomic mass is 10.2. The van der Waals surface area contributed by atoms with Gasteiger partial charge in [-0.2, -0.15) is 0 Å². The number of aliphatic hydroxyl groups excluding tert-OH is 1. The summed E-state index contributed by atoms with van der Waals surface area (Å²) in [4.78, 5) is 2.54. The maximum atomic E-state index is 9.04. The number of halogens is 1. The predicted octanol–water partition coefficient (Wildman–Crippen LogP) is 0.643. The van der Waals surface area contributed by atoms with Crippen molar-refractivity contribution in [1.82, 2.24) is 4.84 Å². The maximum Gasteiger partial charge on any atom is 0.0705 e. The molecule has 0 aromatic carbocycles. The van der Waals surface area contributed by atoms with E-state index in [0.717, 1.165) is 19.3 Å².